The molecule has 1 N–H and O–H groups in total. The maximum Gasteiger partial charge on any atom is 0.145 e. The minimum Gasteiger partial charge on any atom is -0.316 e. The van der Waals surface area contributed by atoms with E-state index in [4.69, 9.17) is 0 Å². The van der Waals surface area contributed by atoms with Crippen LogP contribution in [-0.4, -0.2) is 18.9 Å². The number of rotatable bonds is 4. The first-order valence-electron chi connectivity index (χ1n) is 7.59. The van der Waals surface area contributed by atoms with Crippen LogP contribution in [0.25, 0.3) is 0 Å². The molecular formula is C19H21NO. The van der Waals surface area contributed by atoms with Crippen LogP contribution in [0.4, 0.5) is 0 Å². The van der Waals surface area contributed by atoms with Crippen molar-refractivity contribution in [3.63, 3.8) is 0 Å². The second-order valence-corrected chi connectivity index (χ2v) is 5.79. The number of nitrogens with one attached hydrogen (secondary N) is 1. The van der Waals surface area contributed by atoms with Gasteiger partial charge in [0, 0.05) is 0 Å². The third-order valence-corrected chi connectivity index (χ3v) is 4.69. The van der Waals surface area contributed by atoms with E-state index in [-0.39, 0.29) is 5.78 Å². The van der Waals surface area contributed by atoms with Crippen molar-refractivity contribution in [1.82, 2.24) is 5.32 Å². The predicted molar refractivity (Wildman–Crippen MR) is 85.3 cm³/mol. The molecule has 1 heterocycles. The van der Waals surface area contributed by atoms with Gasteiger partial charge in [-0.2, -0.15) is 0 Å². The lowest BCUT2D eigenvalue weighted by molar-refractivity contribution is -0.122. The first kappa shape index (κ1) is 14.0. The fraction of sp³-hybridized carbons (Fsp3) is 0.316. The van der Waals surface area contributed by atoms with Crippen molar-refractivity contribution in [3.05, 3.63) is 71.8 Å². The molecule has 2 heteroatoms. The zero-order chi connectivity index (χ0) is 14.7. The topological polar surface area (TPSA) is 29.1 Å². The van der Waals surface area contributed by atoms with Crippen LogP contribution in [0.5, 0.6) is 0 Å². The molecule has 0 bridgehead atoms. The second kappa shape index (κ2) is 5.82. The predicted octanol–water partition coefficient (Wildman–Crippen LogP) is 3.17. The molecular weight excluding hydrogens is 258 g/mol. The van der Waals surface area contributed by atoms with Gasteiger partial charge in [0.2, 0.25) is 0 Å². The maximum atomic E-state index is 12.8. The van der Waals surface area contributed by atoms with Gasteiger partial charge in [-0.1, -0.05) is 60.7 Å². The Balaban J connectivity index is 2.24. The maximum absolute atomic E-state index is 12.8. The molecule has 0 saturated carbocycles. The summed E-state index contributed by atoms with van der Waals surface area (Å²) in [7, 11) is 0. The van der Waals surface area contributed by atoms with Crippen LogP contribution < -0.4 is 5.32 Å². The molecule has 1 unspecified atom stereocenters. The molecule has 1 atom stereocenters. The summed E-state index contributed by atoms with van der Waals surface area (Å²) in [6.45, 7) is 3.61. The van der Waals surface area contributed by atoms with E-state index in [1.165, 1.54) is 0 Å². The van der Waals surface area contributed by atoms with Crippen LogP contribution in [0.15, 0.2) is 60.7 Å². The standard InChI is InChI=1S/C19H21NO/c1-15(21)19(18-12-13-20-14-18,16-8-4-2-5-9-16)17-10-6-3-7-11-17/h2-11,18,20H,12-14H2,1H3. The van der Waals surface area contributed by atoms with Crippen LogP contribution >= 0.6 is 0 Å². The Labute approximate surface area is 126 Å². The summed E-state index contributed by atoms with van der Waals surface area (Å²) < 4.78 is 0. The van der Waals surface area contributed by atoms with Crippen LogP contribution in [0.3, 0.4) is 0 Å². The van der Waals surface area contributed by atoms with Gasteiger partial charge in [0.25, 0.3) is 0 Å². The van der Waals surface area contributed by atoms with E-state index in [2.05, 4.69) is 29.6 Å². The van der Waals surface area contributed by atoms with E-state index in [0.29, 0.717) is 5.92 Å². The monoisotopic (exact) mass is 279 g/mol. The fourth-order valence-corrected chi connectivity index (χ4v) is 3.76. The SMILES string of the molecule is CC(=O)C(c1ccccc1)(c1ccccc1)C1CCNC1. The number of Topliss-reactive ketones (excluding diaryl/α,β-unsaturated/α-hetero) is 1. The molecule has 2 nitrogen and oxygen atoms in total. The van der Waals surface area contributed by atoms with E-state index in [0.717, 1.165) is 30.6 Å². The summed E-state index contributed by atoms with van der Waals surface area (Å²) in [5.41, 5.74) is 1.68. The average molecular weight is 279 g/mol. The molecule has 1 aliphatic rings. The lowest BCUT2D eigenvalue weighted by Gasteiger charge is -2.38. The summed E-state index contributed by atoms with van der Waals surface area (Å²) in [5.74, 6) is 0.536. The third kappa shape index (κ3) is 2.30. The molecule has 1 aliphatic heterocycles. The first-order chi connectivity index (χ1) is 10.3. The Bertz CT molecular complexity index is 560. The van der Waals surface area contributed by atoms with Crippen LogP contribution in [0, 0.1) is 5.92 Å². The highest BCUT2D eigenvalue weighted by Crippen LogP contribution is 2.42. The molecule has 3 rings (SSSR count). The van der Waals surface area contributed by atoms with Crippen molar-refractivity contribution in [2.75, 3.05) is 13.1 Å². The van der Waals surface area contributed by atoms with Crippen molar-refractivity contribution < 1.29 is 4.79 Å². The summed E-state index contributed by atoms with van der Waals surface area (Å²) in [6.07, 6.45) is 1.03. The van der Waals surface area contributed by atoms with Gasteiger partial charge in [0.05, 0.1) is 5.41 Å². The zero-order valence-corrected chi connectivity index (χ0v) is 12.4. The van der Waals surface area contributed by atoms with E-state index in [9.17, 15) is 4.79 Å². The molecule has 1 fully saturated rings. The van der Waals surface area contributed by atoms with Crippen molar-refractivity contribution >= 4 is 5.78 Å². The van der Waals surface area contributed by atoms with Crippen molar-refractivity contribution in [3.8, 4) is 0 Å². The first-order valence-corrected chi connectivity index (χ1v) is 7.59. The number of carbonyl (C=O) groups excluding carboxylic acids is 1. The van der Waals surface area contributed by atoms with E-state index in [1.54, 1.807) is 6.92 Å². The van der Waals surface area contributed by atoms with Gasteiger partial charge < -0.3 is 5.32 Å². The van der Waals surface area contributed by atoms with Gasteiger partial charge in [0.1, 0.15) is 5.78 Å². The molecule has 2 aromatic rings. The van der Waals surface area contributed by atoms with Crippen LogP contribution in [0.2, 0.25) is 0 Å². The summed E-state index contributed by atoms with van der Waals surface area (Å²) >= 11 is 0. The average Bonchev–Trinajstić information content (AvgIpc) is 3.04. The fourth-order valence-electron chi connectivity index (χ4n) is 3.76. The Morgan fingerprint density at radius 2 is 1.52 bits per heavy atom. The Hall–Kier alpha value is -1.93. The molecule has 0 spiro atoms. The van der Waals surface area contributed by atoms with Gasteiger partial charge in [-0.15, -0.1) is 0 Å². The molecule has 2 aromatic carbocycles. The van der Waals surface area contributed by atoms with Crippen molar-refractivity contribution in [1.29, 1.82) is 0 Å². The molecule has 21 heavy (non-hydrogen) atoms. The number of carbonyl (C=O) groups is 1. The van der Waals surface area contributed by atoms with Crippen molar-refractivity contribution in [2.24, 2.45) is 5.92 Å². The molecule has 0 aromatic heterocycles. The van der Waals surface area contributed by atoms with E-state index < -0.39 is 5.41 Å². The highest BCUT2D eigenvalue weighted by Gasteiger charge is 2.46. The second-order valence-electron chi connectivity index (χ2n) is 5.79. The van der Waals surface area contributed by atoms with Gasteiger partial charge >= 0.3 is 0 Å². The van der Waals surface area contributed by atoms with E-state index >= 15 is 0 Å². The third-order valence-electron chi connectivity index (χ3n) is 4.69. The summed E-state index contributed by atoms with van der Waals surface area (Å²) in [5, 5.41) is 3.42. The molecule has 0 amide bonds. The van der Waals surface area contributed by atoms with Gasteiger partial charge in [0.15, 0.2) is 0 Å². The highest BCUT2D eigenvalue weighted by atomic mass is 16.1. The molecule has 1 saturated heterocycles. The quantitative estimate of drug-likeness (QED) is 0.931. The number of hydrogen-bond donors (Lipinski definition) is 1. The number of hydrogen-bond acceptors (Lipinski definition) is 2. The minimum absolute atomic E-state index is 0.230. The number of benzene rings is 2. The smallest absolute Gasteiger partial charge is 0.145 e. The molecule has 108 valence electrons. The van der Waals surface area contributed by atoms with Crippen LogP contribution in [-0.2, 0) is 10.2 Å². The zero-order valence-electron chi connectivity index (χ0n) is 12.4. The van der Waals surface area contributed by atoms with Gasteiger partial charge in [-0.3, -0.25) is 4.79 Å². The largest absolute Gasteiger partial charge is 0.316 e. The Morgan fingerprint density at radius 3 is 1.90 bits per heavy atom. The lowest BCUT2D eigenvalue weighted by atomic mass is 9.63. The highest BCUT2D eigenvalue weighted by molar-refractivity contribution is 5.92. The minimum atomic E-state index is -0.536. The Morgan fingerprint density at radius 1 is 1.00 bits per heavy atom. The van der Waals surface area contributed by atoms with E-state index in [1.807, 2.05) is 36.4 Å². The summed E-state index contributed by atoms with van der Waals surface area (Å²) in [6, 6.07) is 20.5. The normalized spacial score (nSPS) is 18.6. The van der Waals surface area contributed by atoms with Crippen LogP contribution in [0.1, 0.15) is 24.5 Å². The summed E-state index contributed by atoms with van der Waals surface area (Å²) in [4.78, 5) is 12.8. The molecule has 0 radical (unpaired) electrons. The molecule has 0 aliphatic carbocycles. The Kier molecular flexibility index (Phi) is 3.89. The van der Waals surface area contributed by atoms with Crippen molar-refractivity contribution in [2.45, 2.75) is 18.8 Å². The van der Waals surface area contributed by atoms with Gasteiger partial charge in [-0.05, 0) is 43.5 Å². The lowest BCUT2D eigenvalue weighted by Crippen LogP contribution is -2.44. The number of ketones is 1. The van der Waals surface area contributed by atoms with Gasteiger partial charge in [-0.25, -0.2) is 0 Å².